The first-order chi connectivity index (χ1) is 11.3. The third-order valence-electron chi connectivity index (χ3n) is 4.41. The molecule has 0 saturated carbocycles. The molecule has 0 fully saturated rings. The highest BCUT2D eigenvalue weighted by molar-refractivity contribution is 7.97. The lowest BCUT2D eigenvalue weighted by Crippen LogP contribution is -2.01. The Balaban J connectivity index is 1.62. The van der Waals surface area contributed by atoms with Crippen molar-refractivity contribution in [3.05, 3.63) is 81.2 Å². The number of hydrogen-bond acceptors (Lipinski definition) is 3. The highest BCUT2D eigenvalue weighted by Gasteiger charge is 2.15. The van der Waals surface area contributed by atoms with Gasteiger partial charge in [-0.2, -0.15) is 11.8 Å². The van der Waals surface area contributed by atoms with E-state index in [1.54, 1.807) is 6.07 Å². The van der Waals surface area contributed by atoms with Crippen LogP contribution in [0.3, 0.4) is 0 Å². The number of thioether (sulfide) groups is 1. The van der Waals surface area contributed by atoms with Gasteiger partial charge >= 0.3 is 5.63 Å². The molecule has 0 aliphatic heterocycles. The van der Waals surface area contributed by atoms with Crippen molar-refractivity contribution in [1.82, 2.24) is 0 Å². The Morgan fingerprint density at radius 2 is 1.74 bits per heavy atom. The van der Waals surface area contributed by atoms with Crippen LogP contribution < -0.4 is 5.63 Å². The van der Waals surface area contributed by atoms with Gasteiger partial charge in [-0.25, -0.2) is 4.79 Å². The van der Waals surface area contributed by atoms with Crippen molar-refractivity contribution in [2.24, 2.45) is 0 Å². The lowest BCUT2D eigenvalue weighted by atomic mass is 10.0. The summed E-state index contributed by atoms with van der Waals surface area (Å²) in [6, 6.07) is 16.4. The second-order valence-corrected chi connectivity index (χ2v) is 7.03. The van der Waals surface area contributed by atoms with Crippen molar-refractivity contribution in [3.63, 3.8) is 0 Å². The van der Waals surface area contributed by atoms with Crippen LogP contribution in [0.1, 0.15) is 28.7 Å². The van der Waals surface area contributed by atoms with Gasteiger partial charge in [0, 0.05) is 23.0 Å². The van der Waals surface area contributed by atoms with Crippen molar-refractivity contribution < 1.29 is 4.42 Å². The highest BCUT2D eigenvalue weighted by Crippen LogP contribution is 2.30. The molecule has 0 amide bonds. The summed E-state index contributed by atoms with van der Waals surface area (Å²) in [5, 5.41) is 1.10. The van der Waals surface area contributed by atoms with E-state index in [2.05, 4.69) is 36.4 Å². The van der Waals surface area contributed by atoms with Gasteiger partial charge in [0.1, 0.15) is 5.58 Å². The van der Waals surface area contributed by atoms with Crippen LogP contribution in [0.2, 0.25) is 0 Å². The van der Waals surface area contributed by atoms with E-state index in [1.807, 2.05) is 17.8 Å². The maximum atomic E-state index is 11.9. The number of rotatable bonds is 4. The van der Waals surface area contributed by atoms with E-state index >= 15 is 0 Å². The molecule has 3 aromatic rings. The zero-order valence-electron chi connectivity index (χ0n) is 12.9. The summed E-state index contributed by atoms with van der Waals surface area (Å²) in [5.74, 6) is 1.78. The van der Waals surface area contributed by atoms with Crippen molar-refractivity contribution in [1.29, 1.82) is 0 Å². The van der Waals surface area contributed by atoms with Crippen LogP contribution >= 0.6 is 11.8 Å². The average molecular weight is 322 g/mol. The molecule has 23 heavy (non-hydrogen) atoms. The number of fused-ring (bicyclic) bond motifs is 2. The molecule has 2 nitrogen and oxygen atoms in total. The van der Waals surface area contributed by atoms with Gasteiger partial charge in [-0.15, -0.1) is 0 Å². The summed E-state index contributed by atoms with van der Waals surface area (Å²) in [4.78, 5) is 11.9. The van der Waals surface area contributed by atoms with Gasteiger partial charge < -0.3 is 4.42 Å². The van der Waals surface area contributed by atoms with E-state index in [0.717, 1.165) is 40.9 Å². The van der Waals surface area contributed by atoms with E-state index < -0.39 is 0 Å². The van der Waals surface area contributed by atoms with Crippen LogP contribution in [-0.2, 0) is 24.3 Å². The molecule has 0 N–H and O–H groups in total. The molecular formula is C20H18O2S. The fourth-order valence-electron chi connectivity index (χ4n) is 3.27. The molecule has 2 aromatic carbocycles. The Hall–Kier alpha value is -2.00. The maximum absolute atomic E-state index is 11.9. The van der Waals surface area contributed by atoms with E-state index in [0.29, 0.717) is 0 Å². The summed E-state index contributed by atoms with van der Waals surface area (Å²) >= 11 is 1.84. The van der Waals surface area contributed by atoms with E-state index in [9.17, 15) is 4.79 Å². The smallest absolute Gasteiger partial charge is 0.336 e. The fourth-order valence-corrected chi connectivity index (χ4v) is 4.26. The zero-order valence-corrected chi connectivity index (χ0v) is 13.7. The first-order valence-corrected chi connectivity index (χ1v) is 9.15. The monoisotopic (exact) mass is 322 g/mol. The molecule has 4 rings (SSSR count). The lowest BCUT2D eigenvalue weighted by Gasteiger charge is -2.08. The van der Waals surface area contributed by atoms with Crippen LogP contribution in [0.15, 0.2) is 57.7 Å². The predicted octanol–water partition coefficient (Wildman–Crippen LogP) is 4.72. The maximum Gasteiger partial charge on any atom is 0.336 e. The predicted molar refractivity (Wildman–Crippen MR) is 96.0 cm³/mol. The van der Waals surface area contributed by atoms with E-state index in [-0.39, 0.29) is 5.63 Å². The normalized spacial score (nSPS) is 13.4. The molecule has 1 heterocycles. The van der Waals surface area contributed by atoms with Gasteiger partial charge in [0.25, 0.3) is 0 Å². The Labute approximate surface area is 139 Å². The Morgan fingerprint density at radius 1 is 0.957 bits per heavy atom. The lowest BCUT2D eigenvalue weighted by molar-refractivity contribution is 0.559. The molecule has 0 spiro atoms. The fraction of sp³-hybridized carbons (Fsp3) is 0.250. The Morgan fingerprint density at radius 3 is 2.57 bits per heavy atom. The van der Waals surface area contributed by atoms with Gasteiger partial charge in [0.2, 0.25) is 0 Å². The van der Waals surface area contributed by atoms with Gasteiger partial charge in [0.15, 0.2) is 0 Å². The quantitative estimate of drug-likeness (QED) is 0.651. The number of aryl methyl sites for hydroxylation is 2. The molecule has 1 aromatic heterocycles. The topological polar surface area (TPSA) is 30.2 Å². The van der Waals surface area contributed by atoms with Gasteiger partial charge in [-0.3, -0.25) is 0 Å². The SMILES string of the molecule is O=c1cc(CSCc2ccccc2)c2cc3c(cc2o1)CCC3. The minimum absolute atomic E-state index is 0.245. The van der Waals surface area contributed by atoms with Crippen LogP contribution in [-0.4, -0.2) is 0 Å². The van der Waals surface area contributed by atoms with Crippen LogP contribution in [0, 0.1) is 0 Å². The molecule has 0 atom stereocenters. The third kappa shape index (κ3) is 3.06. The first-order valence-electron chi connectivity index (χ1n) is 8.00. The van der Waals surface area contributed by atoms with Gasteiger partial charge in [-0.1, -0.05) is 30.3 Å². The summed E-state index contributed by atoms with van der Waals surface area (Å²) < 4.78 is 5.43. The molecule has 0 radical (unpaired) electrons. The molecule has 1 aliphatic rings. The number of hydrogen-bond donors (Lipinski definition) is 0. The molecule has 116 valence electrons. The summed E-state index contributed by atoms with van der Waals surface area (Å²) in [6.07, 6.45) is 3.44. The van der Waals surface area contributed by atoms with Gasteiger partial charge in [-0.05, 0) is 53.6 Å². The summed E-state index contributed by atoms with van der Waals surface area (Å²) in [6.45, 7) is 0. The zero-order chi connectivity index (χ0) is 15.6. The van der Waals surface area contributed by atoms with Crippen LogP contribution in [0.4, 0.5) is 0 Å². The Kier molecular flexibility index (Phi) is 3.96. The van der Waals surface area contributed by atoms with E-state index in [1.165, 1.54) is 23.1 Å². The van der Waals surface area contributed by atoms with Gasteiger partial charge in [0.05, 0.1) is 0 Å². The molecular weight excluding hydrogens is 304 g/mol. The van der Waals surface area contributed by atoms with Crippen molar-refractivity contribution in [2.75, 3.05) is 0 Å². The summed E-state index contributed by atoms with van der Waals surface area (Å²) in [7, 11) is 0. The van der Waals surface area contributed by atoms with E-state index in [4.69, 9.17) is 4.42 Å². The molecule has 0 unspecified atom stereocenters. The van der Waals surface area contributed by atoms with Crippen LogP contribution in [0.25, 0.3) is 11.0 Å². The largest absolute Gasteiger partial charge is 0.423 e. The minimum Gasteiger partial charge on any atom is -0.423 e. The third-order valence-corrected chi connectivity index (χ3v) is 5.46. The molecule has 3 heteroatoms. The van der Waals surface area contributed by atoms with Crippen LogP contribution in [0.5, 0.6) is 0 Å². The second-order valence-electron chi connectivity index (χ2n) is 6.04. The standard InChI is InChI=1S/C20H18O2S/c21-20-11-17(13-23-12-14-5-2-1-3-6-14)18-9-15-7-4-8-16(15)10-19(18)22-20/h1-3,5-6,9-11H,4,7-8,12-13H2. The van der Waals surface area contributed by atoms with Crippen molar-refractivity contribution >= 4 is 22.7 Å². The number of benzene rings is 2. The molecule has 1 aliphatic carbocycles. The Bertz CT molecular complexity index is 897. The molecule has 0 saturated heterocycles. The van der Waals surface area contributed by atoms with Crippen molar-refractivity contribution in [3.8, 4) is 0 Å². The molecule has 0 bridgehead atoms. The second kappa shape index (κ2) is 6.25. The highest BCUT2D eigenvalue weighted by atomic mass is 32.2. The minimum atomic E-state index is -0.245. The average Bonchev–Trinajstić information content (AvgIpc) is 3.01. The van der Waals surface area contributed by atoms with Crippen molar-refractivity contribution in [2.45, 2.75) is 30.8 Å². The first kappa shape index (κ1) is 14.6. The summed E-state index contributed by atoms with van der Waals surface area (Å²) in [5.41, 5.74) is 5.66.